The van der Waals surface area contributed by atoms with Crippen LogP contribution in [0.25, 0.3) is 28.2 Å². The van der Waals surface area contributed by atoms with Crippen LogP contribution in [0.1, 0.15) is 13.3 Å². The fourth-order valence-electron chi connectivity index (χ4n) is 4.38. The lowest BCUT2D eigenvalue weighted by Crippen LogP contribution is -2.43. The minimum absolute atomic E-state index is 0.113. The van der Waals surface area contributed by atoms with Crippen molar-refractivity contribution in [2.24, 2.45) is 0 Å². The van der Waals surface area contributed by atoms with E-state index in [1.54, 1.807) is 48.5 Å². The maximum Gasteiger partial charge on any atom is 0.232 e. The third-order valence-electron chi connectivity index (χ3n) is 6.18. The Labute approximate surface area is 225 Å². The predicted octanol–water partition coefficient (Wildman–Crippen LogP) is 4.35. The first-order chi connectivity index (χ1) is 18.3. The van der Waals surface area contributed by atoms with Crippen molar-refractivity contribution in [1.29, 1.82) is 0 Å². The van der Waals surface area contributed by atoms with E-state index in [4.69, 9.17) is 16.7 Å². The molecule has 38 heavy (non-hydrogen) atoms. The second-order valence-electron chi connectivity index (χ2n) is 8.92. The van der Waals surface area contributed by atoms with Gasteiger partial charge in [-0.2, -0.15) is 5.10 Å². The summed E-state index contributed by atoms with van der Waals surface area (Å²) in [6, 6.07) is 10.1. The Hall–Kier alpha value is -3.54. The van der Waals surface area contributed by atoms with Crippen molar-refractivity contribution in [1.82, 2.24) is 25.1 Å². The zero-order chi connectivity index (χ0) is 26.7. The molecule has 0 saturated carbocycles. The van der Waals surface area contributed by atoms with Gasteiger partial charge in [0, 0.05) is 66.5 Å². The van der Waals surface area contributed by atoms with Crippen LogP contribution >= 0.6 is 11.6 Å². The van der Waals surface area contributed by atoms with Crippen LogP contribution in [0.15, 0.2) is 61.2 Å². The summed E-state index contributed by atoms with van der Waals surface area (Å²) in [7, 11) is -3.73. The Kier molecular flexibility index (Phi) is 7.59. The largest absolute Gasteiger partial charge is 0.368 e. The normalized spacial score (nSPS) is 14.0. The number of aromatic nitrogens is 4. The number of hydrogen-bond acceptors (Lipinski definition) is 7. The van der Waals surface area contributed by atoms with E-state index in [9.17, 15) is 8.42 Å². The van der Waals surface area contributed by atoms with Crippen LogP contribution < -0.4 is 14.9 Å². The van der Waals surface area contributed by atoms with Crippen molar-refractivity contribution in [3.8, 4) is 28.2 Å². The van der Waals surface area contributed by atoms with E-state index in [0.29, 0.717) is 29.1 Å². The van der Waals surface area contributed by atoms with E-state index in [2.05, 4.69) is 24.9 Å². The van der Waals surface area contributed by atoms with Gasteiger partial charge in [0.15, 0.2) is 11.6 Å². The molecule has 1 aromatic carbocycles. The minimum Gasteiger partial charge on any atom is -0.368 e. The number of pyridine rings is 2. The molecule has 9 nitrogen and oxygen atoms in total. The Morgan fingerprint density at radius 2 is 1.87 bits per heavy atom. The molecular formula is C26H27ClFN7O2S. The van der Waals surface area contributed by atoms with E-state index in [-0.39, 0.29) is 22.0 Å². The van der Waals surface area contributed by atoms with Gasteiger partial charge in [-0.3, -0.25) is 9.71 Å². The van der Waals surface area contributed by atoms with Crippen molar-refractivity contribution >= 4 is 33.0 Å². The van der Waals surface area contributed by atoms with Crippen molar-refractivity contribution < 1.29 is 12.8 Å². The highest BCUT2D eigenvalue weighted by Crippen LogP contribution is 2.37. The highest BCUT2D eigenvalue weighted by molar-refractivity contribution is 7.92. The molecule has 4 heterocycles. The first-order valence-corrected chi connectivity index (χ1v) is 14.3. The summed E-state index contributed by atoms with van der Waals surface area (Å²) in [5.74, 6) is -0.327. The van der Waals surface area contributed by atoms with Gasteiger partial charge in [0.25, 0.3) is 0 Å². The van der Waals surface area contributed by atoms with Crippen LogP contribution in [-0.2, 0) is 10.0 Å². The van der Waals surface area contributed by atoms with Crippen molar-refractivity contribution in [2.45, 2.75) is 13.3 Å². The summed E-state index contributed by atoms with van der Waals surface area (Å²) >= 11 is 6.33. The molecule has 1 fully saturated rings. The number of piperazine rings is 1. The third-order valence-corrected chi connectivity index (χ3v) is 7.88. The molecule has 3 aromatic heterocycles. The molecule has 1 saturated heterocycles. The van der Waals surface area contributed by atoms with Gasteiger partial charge in [-0.05, 0) is 42.8 Å². The molecule has 198 valence electrons. The van der Waals surface area contributed by atoms with E-state index in [0.717, 1.165) is 31.9 Å². The summed E-state index contributed by atoms with van der Waals surface area (Å²) in [4.78, 5) is 10.9. The lowest BCUT2D eigenvalue weighted by molar-refractivity contribution is 0.588. The van der Waals surface area contributed by atoms with Crippen LogP contribution in [0.3, 0.4) is 0 Å². The van der Waals surface area contributed by atoms with Gasteiger partial charge in [-0.15, -0.1) is 0 Å². The average Bonchev–Trinajstić information content (AvgIpc) is 3.37. The maximum absolute atomic E-state index is 15.8. The molecule has 0 radical (unpaired) electrons. The topological polar surface area (TPSA) is 105 Å². The first kappa shape index (κ1) is 26.1. The first-order valence-electron chi connectivity index (χ1n) is 12.3. The Morgan fingerprint density at radius 1 is 1.11 bits per heavy atom. The predicted molar refractivity (Wildman–Crippen MR) is 148 cm³/mol. The number of nitrogens with one attached hydrogen (secondary N) is 2. The van der Waals surface area contributed by atoms with Gasteiger partial charge >= 0.3 is 0 Å². The van der Waals surface area contributed by atoms with E-state index in [1.165, 1.54) is 12.1 Å². The average molecular weight is 556 g/mol. The third kappa shape index (κ3) is 5.64. The van der Waals surface area contributed by atoms with Crippen LogP contribution in [0, 0.1) is 5.82 Å². The molecule has 1 aliphatic rings. The zero-order valence-electron chi connectivity index (χ0n) is 20.7. The molecule has 0 spiro atoms. The lowest BCUT2D eigenvalue weighted by Gasteiger charge is -2.29. The van der Waals surface area contributed by atoms with Crippen LogP contribution in [0.2, 0.25) is 5.02 Å². The van der Waals surface area contributed by atoms with Crippen molar-refractivity contribution in [3.63, 3.8) is 0 Å². The molecule has 12 heteroatoms. The molecule has 4 aromatic rings. The summed E-state index contributed by atoms with van der Waals surface area (Å²) in [6.07, 6.45) is 7.11. The number of hydrogen-bond donors (Lipinski definition) is 2. The number of anilines is 2. The summed E-state index contributed by atoms with van der Waals surface area (Å²) in [5.41, 5.74) is 2.53. The van der Waals surface area contributed by atoms with Gasteiger partial charge in [0.1, 0.15) is 5.69 Å². The lowest BCUT2D eigenvalue weighted by atomic mass is 10.0. The number of halogens is 2. The van der Waals surface area contributed by atoms with Crippen LogP contribution in [-0.4, -0.2) is 60.1 Å². The van der Waals surface area contributed by atoms with Crippen molar-refractivity contribution in [3.05, 3.63) is 72.0 Å². The quantitative estimate of drug-likeness (QED) is 0.333. The van der Waals surface area contributed by atoms with E-state index in [1.807, 2.05) is 12.1 Å². The van der Waals surface area contributed by atoms with Gasteiger partial charge in [0.05, 0.1) is 23.3 Å². The Morgan fingerprint density at radius 3 is 2.55 bits per heavy atom. The SMILES string of the molecule is CCCS(=O)(=O)Nc1cc(Cl)cc(-c2cn(-c3ccc(N4CCNCC4)cn3)nc2-c2ccncc2)c1F. The van der Waals surface area contributed by atoms with E-state index >= 15 is 4.39 Å². The molecule has 5 rings (SSSR count). The van der Waals surface area contributed by atoms with Gasteiger partial charge in [-0.25, -0.2) is 22.5 Å². The van der Waals surface area contributed by atoms with Crippen LogP contribution in [0.4, 0.5) is 15.8 Å². The molecule has 0 unspecified atom stereocenters. The van der Waals surface area contributed by atoms with Gasteiger partial charge in [-0.1, -0.05) is 18.5 Å². The molecule has 0 bridgehead atoms. The highest BCUT2D eigenvalue weighted by atomic mass is 35.5. The number of nitrogens with zero attached hydrogens (tertiary/aromatic N) is 5. The molecule has 0 amide bonds. The molecule has 0 aliphatic carbocycles. The monoisotopic (exact) mass is 555 g/mol. The minimum atomic E-state index is -3.73. The Bertz CT molecular complexity index is 1520. The smallest absolute Gasteiger partial charge is 0.232 e. The fraction of sp³-hybridized carbons (Fsp3) is 0.269. The second kappa shape index (κ2) is 11.1. The highest BCUT2D eigenvalue weighted by Gasteiger charge is 2.22. The van der Waals surface area contributed by atoms with E-state index < -0.39 is 15.8 Å². The molecule has 0 atom stereocenters. The van der Waals surface area contributed by atoms with Crippen molar-refractivity contribution in [2.75, 3.05) is 41.6 Å². The number of rotatable bonds is 8. The number of benzene rings is 1. The molecule has 1 aliphatic heterocycles. The summed E-state index contributed by atoms with van der Waals surface area (Å²) in [5, 5.41) is 8.25. The Balaban J connectivity index is 1.58. The number of sulfonamides is 1. The second-order valence-corrected chi connectivity index (χ2v) is 11.2. The van der Waals surface area contributed by atoms with Crippen LogP contribution in [0.5, 0.6) is 0 Å². The summed E-state index contributed by atoms with van der Waals surface area (Å²) in [6.45, 7) is 5.37. The standard InChI is InChI=1S/C26H27ClFN7O2S/c1-2-13-38(36,37)33-23-15-19(27)14-21(25(23)28)22-17-35(32-26(22)18-5-7-29-8-6-18)24-4-3-20(16-31-24)34-11-9-30-10-12-34/h3-8,14-17,30,33H,2,9-13H2,1H3. The summed E-state index contributed by atoms with van der Waals surface area (Å²) < 4.78 is 44.5. The maximum atomic E-state index is 15.8. The zero-order valence-corrected chi connectivity index (χ0v) is 22.3. The van der Waals surface area contributed by atoms with Gasteiger partial charge in [0.2, 0.25) is 10.0 Å². The van der Waals surface area contributed by atoms with Gasteiger partial charge < -0.3 is 10.2 Å². The molecule has 2 N–H and O–H groups in total. The fourth-order valence-corrected chi connectivity index (χ4v) is 5.72. The molecular weight excluding hydrogens is 529 g/mol.